The molecule has 1 N–H and O–H groups in total. The van der Waals surface area contributed by atoms with Gasteiger partial charge in [0.25, 0.3) is 0 Å². The minimum Gasteiger partial charge on any atom is -0.337 e. The highest BCUT2D eigenvalue weighted by Gasteiger charge is 2.51. The standard InChI is InChI=1S/C18H23ClN2O.ClH/c19-16-6-3-4-13-11-21(9-7-15(13)16)17(22)18-8-2-1-5-14(18)10-20-12-18;/h3-4,6,14,20H,1-2,5,7-12H2;1H/t14-,18+;/m0./s1. The molecule has 126 valence electrons. The van der Waals surface area contributed by atoms with E-state index in [2.05, 4.69) is 16.3 Å². The Bertz CT molecular complexity index is 607. The third kappa shape index (κ3) is 2.77. The molecule has 2 atom stereocenters. The summed E-state index contributed by atoms with van der Waals surface area (Å²) >= 11 is 6.29. The Morgan fingerprint density at radius 1 is 1.35 bits per heavy atom. The van der Waals surface area contributed by atoms with Crippen LogP contribution in [-0.4, -0.2) is 30.4 Å². The molecule has 3 aliphatic rings. The zero-order valence-electron chi connectivity index (χ0n) is 13.3. The number of nitrogens with zero attached hydrogens (tertiary/aromatic N) is 1. The van der Waals surface area contributed by atoms with E-state index in [1.165, 1.54) is 30.4 Å². The van der Waals surface area contributed by atoms with Crippen molar-refractivity contribution in [3.05, 3.63) is 34.3 Å². The quantitative estimate of drug-likeness (QED) is 0.837. The molecule has 2 aliphatic heterocycles. The maximum atomic E-state index is 13.3. The predicted octanol–water partition coefficient (Wildman–Crippen LogP) is 3.43. The number of amides is 1. The van der Waals surface area contributed by atoms with Gasteiger partial charge in [0, 0.05) is 24.7 Å². The van der Waals surface area contributed by atoms with Crippen LogP contribution in [0.15, 0.2) is 18.2 Å². The molecule has 0 bridgehead atoms. The summed E-state index contributed by atoms with van der Waals surface area (Å²) < 4.78 is 0. The van der Waals surface area contributed by atoms with Gasteiger partial charge >= 0.3 is 0 Å². The van der Waals surface area contributed by atoms with E-state index in [1.807, 2.05) is 12.1 Å². The molecule has 1 saturated heterocycles. The summed E-state index contributed by atoms with van der Waals surface area (Å²) in [6, 6.07) is 6.06. The summed E-state index contributed by atoms with van der Waals surface area (Å²) in [7, 11) is 0. The van der Waals surface area contributed by atoms with Crippen molar-refractivity contribution in [1.29, 1.82) is 0 Å². The van der Waals surface area contributed by atoms with Crippen LogP contribution in [-0.2, 0) is 17.8 Å². The largest absolute Gasteiger partial charge is 0.337 e. The second kappa shape index (κ2) is 6.62. The summed E-state index contributed by atoms with van der Waals surface area (Å²) in [4.78, 5) is 15.4. The molecule has 3 nitrogen and oxygen atoms in total. The molecule has 5 heteroatoms. The van der Waals surface area contributed by atoms with Gasteiger partial charge in [0.1, 0.15) is 0 Å². The van der Waals surface area contributed by atoms with Crippen LogP contribution in [0.25, 0.3) is 0 Å². The molecule has 0 unspecified atom stereocenters. The van der Waals surface area contributed by atoms with E-state index in [4.69, 9.17) is 11.6 Å². The highest BCUT2D eigenvalue weighted by molar-refractivity contribution is 6.31. The van der Waals surface area contributed by atoms with Gasteiger partial charge in [-0.15, -0.1) is 12.4 Å². The molecule has 0 radical (unpaired) electrons. The lowest BCUT2D eigenvalue weighted by atomic mass is 9.67. The maximum absolute atomic E-state index is 13.3. The number of hydrogen-bond donors (Lipinski definition) is 1. The van der Waals surface area contributed by atoms with E-state index in [1.54, 1.807) is 0 Å². The lowest BCUT2D eigenvalue weighted by molar-refractivity contribution is -0.146. The monoisotopic (exact) mass is 354 g/mol. The highest BCUT2D eigenvalue weighted by Crippen LogP contribution is 2.45. The topological polar surface area (TPSA) is 32.3 Å². The summed E-state index contributed by atoms with van der Waals surface area (Å²) in [6.07, 6.45) is 5.62. The predicted molar refractivity (Wildman–Crippen MR) is 95.1 cm³/mol. The fourth-order valence-electron chi connectivity index (χ4n) is 4.72. The van der Waals surface area contributed by atoms with Gasteiger partial charge in [-0.3, -0.25) is 4.79 Å². The number of benzene rings is 1. The minimum atomic E-state index is -0.131. The smallest absolute Gasteiger partial charge is 0.230 e. The van der Waals surface area contributed by atoms with Gasteiger partial charge in [-0.1, -0.05) is 36.6 Å². The van der Waals surface area contributed by atoms with E-state index in [-0.39, 0.29) is 17.8 Å². The average Bonchev–Trinajstić information content (AvgIpc) is 2.99. The van der Waals surface area contributed by atoms with Crippen molar-refractivity contribution in [2.75, 3.05) is 19.6 Å². The van der Waals surface area contributed by atoms with Gasteiger partial charge in [-0.25, -0.2) is 0 Å². The number of rotatable bonds is 1. The molecule has 2 heterocycles. The van der Waals surface area contributed by atoms with Crippen LogP contribution < -0.4 is 5.32 Å². The molecule has 2 fully saturated rings. The van der Waals surface area contributed by atoms with Gasteiger partial charge in [0.05, 0.1) is 5.41 Å². The van der Waals surface area contributed by atoms with E-state index in [0.29, 0.717) is 11.8 Å². The van der Waals surface area contributed by atoms with Gasteiger partial charge in [0.15, 0.2) is 0 Å². The Morgan fingerprint density at radius 2 is 2.22 bits per heavy atom. The Kier molecular flexibility index (Phi) is 4.91. The van der Waals surface area contributed by atoms with Crippen LogP contribution in [0.5, 0.6) is 0 Å². The number of carbonyl (C=O) groups excluding carboxylic acids is 1. The van der Waals surface area contributed by atoms with Crippen LogP contribution in [0.3, 0.4) is 0 Å². The molecule has 0 aromatic heterocycles. The lowest BCUT2D eigenvalue weighted by Crippen LogP contribution is -2.51. The zero-order valence-corrected chi connectivity index (χ0v) is 14.9. The summed E-state index contributed by atoms with van der Waals surface area (Å²) in [5, 5.41) is 4.33. The molecule has 4 rings (SSSR count). The third-order valence-electron chi connectivity index (χ3n) is 5.96. The maximum Gasteiger partial charge on any atom is 0.230 e. The van der Waals surface area contributed by atoms with Crippen molar-refractivity contribution in [2.24, 2.45) is 11.3 Å². The number of hydrogen-bond acceptors (Lipinski definition) is 2. The molecule has 1 aromatic carbocycles. The lowest BCUT2D eigenvalue weighted by Gasteiger charge is -2.42. The van der Waals surface area contributed by atoms with Gasteiger partial charge in [-0.05, 0) is 48.9 Å². The van der Waals surface area contributed by atoms with E-state index in [0.717, 1.165) is 44.0 Å². The van der Waals surface area contributed by atoms with Crippen molar-refractivity contribution in [1.82, 2.24) is 10.2 Å². The first kappa shape index (κ1) is 17.1. The van der Waals surface area contributed by atoms with Crippen LogP contribution >= 0.6 is 24.0 Å². The van der Waals surface area contributed by atoms with Gasteiger partial charge in [-0.2, -0.15) is 0 Å². The van der Waals surface area contributed by atoms with E-state index < -0.39 is 0 Å². The van der Waals surface area contributed by atoms with Crippen molar-refractivity contribution in [3.63, 3.8) is 0 Å². The molecule has 1 aromatic rings. The van der Waals surface area contributed by atoms with Gasteiger partial charge < -0.3 is 10.2 Å². The SMILES string of the molecule is Cl.O=C(N1CCc2c(Cl)cccc2C1)[C@@]12CCCC[C@H]1CNC2. The van der Waals surface area contributed by atoms with E-state index >= 15 is 0 Å². The highest BCUT2D eigenvalue weighted by atomic mass is 35.5. The first-order chi connectivity index (χ1) is 10.7. The normalized spacial score (nSPS) is 29.4. The summed E-state index contributed by atoms with van der Waals surface area (Å²) in [6.45, 7) is 3.42. The second-order valence-electron chi connectivity index (χ2n) is 7.08. The molecule has 1 amide bonds. The second-order valence-corrected chi connectivity index (χ2v) is 7.49. The number of halogens is 2. The molecular weight excluding hydrogens is 331 g/mol. The Hall–Kier alpha value is -0.770. The average molecular weight is 355 g/mol. The molecule has 0 spiro atoms. The fraction of sp³-hybridized carbons (Fsp3) is 0.611. The zero-order chi connectivity index (χ0) is 15.2. The fourth-order valence-corrected chi connectivity index (χ4v) is 5.01. The molecule has 1 aliphatic carbocycles. The van der Waals surface area contributed by atoms with Crippen LogP contribution in [0, 0.1) is 11.3 Å². The van der Waals surface area contributed by atoms with Crippen molar-refractivity contribution in [3.8, 4) is 0 Å². The first-order valence-corrected chi connectivity index (χ1v) is 8.85. The molecule has 1 saturated carbocycles. The summed E-state index contributed by atoms with van der Waals surface area (Å²) in [5.41, 5.74) is 2.33. The van der Waals surface area contributed by atoms with Crippen LogP contribution in [0.2, 0.25) is 5.02 Å². The van der Waals surface area contributed by atoms with Crippen LogP contribution in [0.1, 0.15) is 36.8 Å². The van der Waals surface area contributed by atoms with Crippen LogP contribution in [0.4, 0.5) is 0 Å². The minimum absolute atomic E-state index is 0. The Balaban J connectivity index is 0.00000156. The molecule has 23 heavy (non-hydrogen) atoms. The van der Waals surface area contributed by atoms with Crippen molar-refractivity contribution < 1.29 is 4.79 Å². The molecular formula is C18H24Cl2N2O. The first-order valence-electron chi connectivity index (χ1n) is 8.47. The van der Waals surface area contributed by atoms with Crippen molar-refractivity contribution in [2.45, 2.75) is 38.6 Å². The van der Waals surface area contributed by atoms with Gasteiger partial charge in [0.2, 0.25) is 5.91 Å². The Morgan fingerprint density at radius 3 is 3.09 bits per heavy atom. The number of nitrogens with one attached hydrogen (secondary N) is 1. The van der Waals surface area contributed by atoms with Crippen molar-refractivity contribution >= 4 is 29.9 Å². The third-order valence-corrected chi connectivity index (χ3v) is 6.31. The number of fused-ring (bicyclic) bond motifs is 2. The van der Waals surface area contributed by atoms with E-state index in [9.17, 15) is 4.79 Å². The Labute approximate surface area is 149 Å². The summed E-state index contributed by atoms with van der Waals surface area (Å²) in [5.74, 6) is 0.919. The number of carbonyl (C=O) groups is 1.